The Morgan fingerprint density at radius 1 is 1.03 bits per heavy atom. The van der Waals surface area contributed by atoms with Gasteiger partial charge in [0.1, 0.15) is 19.0 Å². The third-order valence-electron chi connectivity index (χ3n) is 4.79. The van der Waals surface area contributed by atoms with Crippen molar-refractivity contribution in [2.24, 2.45) is 0 Å². The Labute approximate surface area is 196 Å². The molecule has 1 heterocycles. The van der Waals surface area contributed by atoms with E-state index in [9.17, 15) is 14.9 Å². The van der Waals surface area contributed by atoms with E-state index in [4.69, 9.17) is 18.6 Å². The van der Waals surface area contributed by atoms with Crippen LogP contribution in [0.5, 0.6) is 11.5 Å². The van der Waals surface area contributed by atoms with Crippen LogP contribution in [0.4, 0.5) is 5.69 Å². The number of rotatable bonds is 12. The van der Waals surface area contributed by atoms with Gasteiger partial charge in [0.25, 0.3) is 0 Å². The predicted octanol–water partition coefficient (Wildman–Crippen LogP) is 5.51. The van der Waals surface area contributed by atoms with Crippen molar-refractivity contribution in [2.45, 2.75) is 13.5 Å². The minimum absolute atomic E-state index is 0.0486. The van der Waals surface area contributed by atoms with Crippen LogP contribution in [0.25, 0.3) is 22.3 Å². The summed E-state index contributed by atoms with van der Waals surface area (Å²) in [4.78, 5) is 24.4. The van der Waals surface area contributed by atoms with Crippen molar-refractivity contribution in [3.05, 3.63) is 99.8 Å². The lowest BCUT2D eigenvalue weighted by Gasteiger charge is -2.14. The summed E-state index contributed by atoms with van der Waals surface area (Å²) in [5.74, 6) is 0.558. The molecule has 0 aliphatic carbocycles. The van der Waals surface area contributed by atoms with E-state index in [-0.39, 0.29) is 48.0 Å². The summed E-state index contributed by atoms with van der Waals surface area (Å²) < 4.78 is 23.0. The molecule has 176 valence electrons. The second-order valence-electron chi connectivity index (χ2n) is 7.33. The highest BCUT2D eigenvalue weighted by Crippen LogP contribution is 2.37. The van der Waals surface area contributed by atoms with E-state index in [0.29, 0.717) is 29.0 Å². The largest absolute Gasteiger partial charge is 0.489 e. The Bertz CT molecular complexity index is 1310. The Kier molecular flexibility index (Phi) is 8.00. The molecular weight excluding hydrogens is 438 g/mol. The smallest absolute Gasteiger partial charge is 0.312 e. The van der Waals surface area contributed by atoms with E-state index in [0.717, 1.165) is 0 Å². The van der Waals surface area contributed by atoms with Gasteiger partial charge < -0.3 is 18.6 Å². The van der Waals surface area contributed by atoms with Crippen molar-refractivity contribution in [2.75, 3.05) is 19.8 Å². The van der Waals surface area contributed by atoms with Crippen LogP contribution in [-0.4, -0.2) is 24.7 Å². The SMILES string of the molecule is C=CCOCc1cc(-c2oc3c([N+](=O)[O-])cc(C)cc3c(=O)c2OCC=C)ccc1OCC=C. The molecule has 1 aromatic heterocycles. The van der Waals surface area contributed by atoms with Crippen LogP contribution < -0.4 is 14.9 Å². The molecule has 0 radical (unpaired) electrons. The van der Waals surface area contributed by atoms with Gasteiger partial charge >= 0.3 is 5.69 Å². The van der Waals surface area contributed by atoms with Crippen molar-refractivity contribution in [1.29, 1.82) is 0 Å². The average Bonchev–Trinajstić information content (AvgIpc) is 2.82. The van der Waals surface area contributed by atoms with Crippen molar-refractivity contribution in [1.82, 2.24) is 0 Å². The quantitative estimate of drug-likeness (QED) is 0.151. The number of non-ortho nitro benzene ring substituents is 1. The Morgan fingerprint density at radius 2 is 1.74 bits per heavy atom. The van der Waals surface area contributed by atoms with E-state index in [1.54, 1.807) is 43.3 Å². The molecule has 0 fully saturated rings. The number of hydrogen-bond donors (Lipinski definition) is 0. The molecule has 0 bridgehead atoms. The van der Waals surface area contributed by atoms with Crippen LogP contribution >= 0.6 is 0 Å². The maximum atomic E-state index is 13.3. The summed E-state index contributed by atoms with van der Waals surface area (Å²) in [5.41, 5.74) is 0.760. The number of nitrogens with zero attached hydrogens (tertiary/aromatic N) is 1. The molecule has 2 aromatic carbocycles. The molecule has 0 saturated carbocycles. The van der Waals surface area contributed by atoms with Crippen LogP contribution in [0, 0.1) is 17.0 Å². The minimum Gasteiger partial charge on any atom is -0.489 e. The maximum absolute atomic E-state index is 13.3. The molecular formula is C26H25NO7. The lowest BCUT2D eigenvalue weighted by atomic mass is 10.0. The number of benzene rings is 2. The highest BCUT2D eigenvalue weighted by molar-refractivity contribution is 5.89. The number of nitro groups is 1. The first-order chi connectivity index (χ1) is 16.4. The number of fused-ring (bicyclic) bond motifs is 1. The van der Waals surface area contributed by atoms with Crippen LogP contribution in [0.2, 0.25) is 0 Å². The van der Waals surface area contributed by atoms with Gasteiger partial charge in [-0.25, -0.2) is 0 Å². The summed E-state index contributed by atoms with van der Waals surface area (Å²) in [5, 5.41) is 11.7. The van der Waals surface area contributed by atoms with E-state index in [1.165, 1.54) is 12.1 Å². The van der Waals surface area contributed by atoms with Gasteiger partial charge in [0.05, 0.1) is 23.5 Å². The molecule has 0 aliphatic heterocycles. The number of nitro benzene ring substituents is 1. The minimum atomic E-state index is -0.576. The van der Waals surface area contributed by atoms with Crippen molar-refractivity contribution >= 4 is 16.7 Å². The molecule has 0 saturated heterocycles. The lowest BCUT2D eigenvalue weighted by molar-refractivity contribution is -0.383. The zero-order chi connectivity index (χ0) is 24.7. The highest BCUT2D eigenvalue weighted by atomic mass is 16.6. The molecule has 0 spiro atoms. The number of hydrogen-bond acceptors (Lipinski definition) is 7. The van der Waals surface area contributed by atoms with Crippen LogP contribution in [-0.2, 0) is 11.3 Å². The van der Waals surface area contributed by atoms with Crippen LogP contribution in [0.3, 0.4) is 0 Å². The summed E-state index contributed by atoms with van der Waals surface area (Å²) >= 11 is 0. The molecule has 0 N–H and O–H groups in total. The van der Waals surface area contributed by atoms with E-state index >= 15 is 0 Å². The van der Waals surface area contributed by atoms with Crippen LogP contribution in [0.15, 0.2) is 77.5 Å². The number of aryl methyl sites for hydroxylation is 1. The van der Waals surface area contributed by atoms with Gasteiger partial charge in [-0.15, -0.1) is 6.58 Å². The lowest BCUT2D eigenvalue weighted by Crippen LogP contribution is -2.11. The third-order valence-corrected chi connectivity index (χ3v) is 4.79. The van der Waals surface area contributed by atoms with E-state index in [1.807, 2.05) is 0 Å². The van der Waals surface area contributed by atoms with Gasteiger partial charge in [-0.1, -0.05) is 31.4 Å². The Morgan fingerprint density at radius 3 is 2.41 bits per heavy atom. The van der Waals surface area contributed by atoms with Gasteiger partial charge in [-0.2, -0.15) is 0 Å². The monoisotopic (exact) mass is 463 g/mol. The summed E-state index contributed by atoms with van der Waals surface area (Å²) in [6, 6.07) is 8.02. The average molecular weight is 463 g/mol. The standard InChI is InChI=1S/C26H25NO7/c1-5-10-31-16-19-15-18(8-9-22(19)32-11-6-2)24-26(33-12-7-3)23(28)20-13-17(4)14-21(27(29)30)25(20)34-24/h5-9,13-15H,1-3,10-12,16H2,4H3. The fourth-order valence-corrected chi connectivity index (χ4v) is 3.38. The van der Waals surface area contributed by atoms with Gasteiger partial charge in [-0.05, 0) is 36.8 Å². The van der Waals surface area contributed by atoms with E-state index < -0.39 is 10.4 Å². The van der Waals surface area contributed by atoms with Gasteiger partial charge in [0, 0.05) is 17.2 Å². The molecule has 8 heteroatoms. The third kappa shape index (κ3) is 5.24. The van der Waals surface area contributed by atoms with Crippen molar-refractivity contribution in [3.63, 3.8) is 0 Å². The second kappa shape index (κ2) is 11.1. The van der Waals surface area contributed by atoms with Gasteiger partial charge in [0.15, 0.2) is 5.76 Å². The Hall–Kier alpha value is -4.17. The second-order valence-corrected chi connectivity index (χ2v) is 7.33. The first-order valence-electron chi connectivity index (χ1n) is 10.5. The number of ether oxygens (including phenoxy) is 3. The molecule has 3 aromatic rings. The topological polar surface area (TPSA) is 101 Å². The molecule has 0 aliphatic rings. The summed E-state index contributed by atoms with van der Waals surface area (Å²) in [7, 11) is 0. The summed E-state index contributed by atoms with van der Waals surface area (Å²) in [6.07, 6.45) is 4.73. The molecule has 0 unspecified atom stereocenters. The zero-order valence-electron chi connectivity index (χ0n) is 18.9. The summed E-state index contributed by atoms with van der Waals surface area (Å²) in [6.45, 7) is 13.4. The molecule has 34 heavy (non-hydrogen) atoms. The fourth-order valence-electron chi connectivity index (χ4n) is 3.38. The highest BCUT2D eigenvalue weighted by Gasteiger charge is 2.24. The predicted molar refractivity (Wildman–Crippen MR) is 131 cm³/mol. The Balaban J connectivity index is 2.27. The van der Waals surface area contributed by atoms with Crippen molar-refractivity contribution < 1.29 is 23.6 Å². The molecule has 8 nitrogen and oxygen atoms in total. The van der Waals surface area contributed by atoms with E-state index in [2.05, 4.69) is 19.7 Å². The van der Waals surface area contributed by atoms with Crippen molar-refractivity contribution in [3.8, 4) is 22.8 Å². The van der Waals surface area contributed by atoms with Crippen LogP contribution in [0.1, 0.15) is 11.1 Å². The first-order valence-corrected chi connectivity index (χ1v) is 10.5. The molecule has 3 rings (SSSR count). The fraction of sp³-hybridized carbons (Fsp3) is 0.192. The normalized spacial score (nSPS) is 10.6. The first kappa shape index (κ1) is 24.5. The maximum Gasteiger partial charge on any atom is 0.312 e. The van der Waals surface area contributed by atoms with Gasteiger partial charge in [-0.3, -0.25) is 14.9 Å². The zero-order valence-corrected chi connectivity index (χ0v) is 18.9. The molecule has 0 amide bonds. The molecule has 0 atom stereocenters. The van der Waals surface area contributed by atoms with Gasteiger partial charge in [0.2, 0.25) is 16.8 Å².